The number of rotatable bonds is 6. The van der Waals surface area contributed by atoms with Gasteiger partial charge in [0, 0.05) is 28.9 Å². The van der Waals surface area contributed by atoms with Crippen LogP contribution in [0.2, 0.25) is 0 Å². The Balaban J connectivity index is 1.42. The van der Waals surface area contributed by atoms with Crippen LogP contribution in [0.1, 0.15) is 11.1 Å². The number of hydrogen-bond donors (Lipinski definition) is 1. The monoisotopic (exact) mass is 462 g/mol. The Morgan fingerprint density at radius 2 is 1.76 bits per heavy atom. The summed E-state index contributed by atoms with van der Waals surface area (Å²) in [6.45, 7) is 2.02. The first-order valence-corrected chi connectivity index (χ1v) is 12.1. The molecule has 5 rings (SSSR count). The normalized spacial score (nSPS) is 12.8. The maximum Gasteiger partial charge on any atom is 0.244 e. The van der Waals surface area contributed by atoms with Gasteiger partial charge in [-0.3, -0.25) is 4.79 Å². The minimum absolute atomic E-state index is 0.0329. The number of hydrogen-bond acceptors (Lipinski definition) is 5. The maximum absolute atomic E-state index is 13.3. The molecule has 168 valence electrons. The summed E-state index contributed by atoms with van der Waals surface area (Å²) in [5.74, 6) is 0.825. The van der Waals surface area contributed by atoms with Gasteiger partial charge in [-0.25, -0.2) is 8.42 Å². The van der Waals surface area contributed by atoms with E-state index in [1.165, 1.54) is 0 Å². The van der Waals surface area contributed by atoms with Crippen molar-refractivity contribution in [1.29, 1.82) is 0 Å². The molecule has 33 heavy (non-hydrogen) atoms. The first-order chi connectivity index (χ1) is 15.9. The Morgan fingerprint density at radius 3 is 2.61 bits per heavy atom. The van der Waals surface area contributed by atoms with Crippen molar-refractivity contribution >= 4 is 32.3 Å². The van der Waals surface area contributed by atoms with Crippen molar-refractivity contribution in [3.8, 4) is 11.5 Å². The van der Waals surface area contributed by atoms with Crippen LogP contribution in [0, 0.1) is 6.92 Å². The van der Waals surface area contributed by atoms with Crippen LogP contribution in [0.5, 0.6) is 11.5 Å². The summed E-state index contributed by atoms with van der Waals surface area (Å²) in [6, 6.07) is 19.8. The fraction of sp³-hybridized carbons (Fsp3) is 0.160. The zero-order chi connectivity index (χ0) is 23.0. The van der Waals surface area contributed by atoms with Crippen LogP contribution >= 0.6 is 0 Å². The van der Waals surface area contributed by atoms with E-state index in [-0.39, 0.29) is 29.9 Å². The molecule has 0 aliphatic carbocycles. The Kier molecular flexibility index (Phi) is 5.30. The molecule has 1 N–H and O–H groups in total. The molecular weight excluding hydrogens is 440 g/mol. The molecule has 2 heterocycles. The molecule has 0 spiro atoms. The minimum Gasteiger partial charge on any atom is -0.454 e. The van der Waals surface area contributed by atoms with Crippen molar-refractivity contribution in [3.05, 3.63) is 84.1 Å². The third kappa shape index (κ3) is 4.17. The molecule has 1 amide bonds. The topological polar surface area (TPSA) is 86.6 Å². The number of carbonyl (C=O) groups is 1. The summed E-state index contributed by atoms with van der Waals surface area (Å²) in [7, 11) is -3.63. The van der Waals surface area contributed by atoms with E-state index >= 15 is 0 Å². The van der Waals surface area contributed by atoms with E-state index in [1.54, 1.807) is 41.1 Å². The quantitative estimate of drug-likeness (QED) is 0.462. The predicted molar refractivity (Wildman–Crippen MR) is 125 cm³/mol. The summed E-state index contributed by atoms with van der Waals surface area (Å²) in [4.78, 5) is 13.0. The number of aromatic nitrogens is 1. The van der Waals surface area contributed by atoms with Gasteiger partial charge in [-0.1, -0.05) is 42.5 Å². The van der Waals surface area contributed by atoms with E-state index in [0.717, 1.165) is 11.1 Å². The van der Waals surface area contributed by atoms with Crippen LogP contribution in [0.25, 0.3) is 10.9 Å². The van der Waals surface area contributed by atoms with E-state index in [2.05, 4.69) is 5.32 Å². The average molecular weight is 463 g/mol. The van der Waals surface area contributed by atoms with Gasteiger partial charge in [-0.15, -0.1) is 0 Å². The lowest BCUT2D eigenvalue weighted by Crippen LogP contribution is -2.18. The van der Waals surface area contributed by atoms with Gasteiger partial charge in [-0.2, -0.15) is 0 Å². The second-order valence-corrected chi connectivity index (χ2v) is 9.90. The van der Waals surface area contributed by atoms with Gasteiger partial charge in [0.1, 0.15) is 6.54 Å². The number of fused-ring (bicyclic) bond motifs is 2. The van der Waals surface area contributed by atoms with Crippen molar-refractivity contribution in [1.82, 2.24) is 4.57 Å². The van der Waals surface area contributed by atoms with E-state index in [1.807, 2.05) is 43.3 Å². The van der Waals surface area contributed by atoms with E-state index < -0.39 is 9.84 Å². The lowest BCUT2D eigenvalue weighted by molar-refractivity contribution is -0.116. The number of nitrogens with one attached hydrogen (secondary N) is 1. The molecule has 7 nitrogen and oxygen atoms in total. The molecule has 0 fully saturated rings. The lowest BCUT2D eigenvalue weighted by atomic mass is 10.1. The average Bonchev–Trinajstić information content (AvgIpc) is 3.40. The van der Waals surface area contributed by atoms with Crippen molar-refractivity contribution in [2.24, 2.45) is 0 Å². The molecule has 1 aliphatic rings. The molecule has 0 saturated heterocycles. The third-order valence-electron chi connectivity index (χ3n) is 5.66. The summed E-state index contributed by atoms with van der Waals surface area (Å²) in [5.41, 5.74) is 2.94. The molecule has 0 unspecified atom stereocenters. The van der Waals surface area contributed by atoms with Crippen LogP contribution in [-0.2, 0) is 26.9 Å². The lowest BCUT2D eigenvalue weighted by Gasteiger charge is -2.08. The predicted octanol–water partition coefficient (Wildman–Crippen LogP) is 4.29. The van der Waals surface area contributed by atoms with E-state index in [9.17, 15) is 13.2 Å². The van der Waals surface area contributed by atoms with Gasteiger partial charge in [0.15, 0.2) is 21.3 Å². The molecule has 1 aromatic heterocycles. The van der Waals surface area contributed by atoms with Crippen LogP contribution in [-0.4, -0.2) is 25.7 Å². The number of anilines is 1. The first kappa shape index (κ1) is 21.1. The molecular formula is C25H22N2O5S. The van der Waals surface area contributed by atoms with E-state index in [0.29, 0.717) is 28.1 Å². The standard InChI is InChI=1S/C25H22N2O5S/c1-17-6-2-3-7-18(17)15-33(29,30)24-13-27(21-9-5-4-8-20(21)24)14-25(28)26-19-10-11-22-23(12-19)32-16-31-22/h2-13H,14-16H2,1H3,(H,26,28). The van der Waals surface area contributed by atoms with Gasteiger partial charge in [-0.05, 0) is 36.2 Å². The van der Waals surface area contributed by atoms with E-state index in [4.69, 9.17) is 9.47 Å². The van der Waals surface area contributed by atoms with Gasteiger partial charge in [0.2, 0.25) is 12.7 Å². The molecule has 0 radical (unpaired) electrons. The summed E-state index contributed by atoms with van der Waals surface area (Å²) < 4.78 is 39.0. The molecule has 8 heteroatoms. The largest absolute Gasteiger partial charge is 0.454 e. The Labute approximate surface area is 191 Å². The smallest absolute Gasteiger partial charge is 0.244 e. The van der Waals surface area contributed by atoms with Gasteiger partial charge < -0.3 is 19.4 Å². The van der Waals surface area contributed by atoms with Crippen molar-refractivity contribution < 1.29 is 22.7 Å². The number of ether oxygens (including phenoxy) is 2. The van der Waals surface area contributed by atoms with Crippen LogP contribution in [0.3, 0.4) is 0 Å². The van der Waals surface area contributed by atoms with Crippen LogP contribution in [0.4, 0.5) is 5.69 Å². The van der Waals surface area contributed by atoms with Gasteiger partial charge in [0.05, 0.1) is 10.6 Å². The number of para-hydroxylation sites is 1. The highest BCUT2D eigenvalue weighted by atomic mass is 32.2. The van der Waals surface area contributed by atoms with Gasteiger partial charge >= 0.3 is 0 Å². The van der Waals surface area contributed by atoms with Crippen molar-refractivity contribution in [2.75, 3.05) is 12.1 Å². The Bertz CT molecular complexity index is 1470. The van der Waals surface area contributed by atoms with Crippen LogP contribution < -0.4 is 14.8 Å². The number of nitrogens with zero attached hydrogens (tertiary/aromatic N) is 1. The molecule has 3 aromatic carbocycles. The number of aryl methyl sites for hydroxylation is 1. The zero-order valence-corrected chi connectivity index (χ0v) is 18.8. The van der Waals surface area contributed by atoms with Gasteiger partial charge in [0.25, 0.3) is 0 Å². The van der Waals surface area contributed by atoms with Crippen molar-refractivity contribution in [3.63, 3.8) is 0 Å². The molecule has 0 bridgehead atoms. The first-order valence-electron chi connectivity index (χ1n) is 10.5. The third-order valence-corrected chi connectivity index (χ3v) is 7.35. The second-order valence-electron chi connectivity index (χ2n) is 7.94. The Hall–Kier alpha value is -3.78. The fourth-order valence-electron chi connectivity index (χ4n) is 3.98. The highest BCUT2D eigenvalue weighted by molar-refractivity contribution is 7.90. The number of benzene rings is 3. The zero-order valence-electron chi connectivity index (χ0n) is 17.9. The summed E-state index contributed by atoms with van der Waals surface area (Å²) >= 11 is 0. The molecule has 0 saturated carbocycles. The minimum atomic E-state index is -3.63. The second kappa shape index (κ2) is 8.29. The summed E-state index contributed by atoms with van der Waals surface area (Å²) in [5, 5.41) is 3.43. The number of sulfone groups is 1. The highest BCUT2D eigenvalue weighted by Gasteiger charge is 2.23. The SMILES string of the molecule is Cc1ccccc1CS(=O)(=O)c1cn(CC(=O)Nc2ccc3c(c2)OCO3)c2ccccc12. The Morgan fingerprint density at radius 1 is 1.00 bits per heavy atom. The number of carbonyl (C=O) groups excluding carboxylic acids is 1. The van der Waals surface area contributed by atoms with Crippen LogP contribution in [0.15, 0.2) is 77.8 Å². The molecule has 1 aliphatic heterocycles. The van der Waals surface area contributed by atoms with Crippen molar-refractivity contribution in [2.45, 2.75) is 24.1 Å². The molecule has 4 aromatic rings. The maximum atomic E-state index is 13.3. The number of amides is 1. The highest BCUT2D eigenvalue weighted by Crippen LogP contribution is 2.34. The fourth-order valence-corrected chi connectivity index (χ4v) is 5.66. The molecule has 0 atom stereocenters. The summed E-state index contributed by atoms with van der Waals surface area (Å²) in [6.07, 6.45) is 1.55.